The molecule has 0 spiro atoms. The molecule has 0 atom stereocenters. The van der Waals surface area contributed by atoms with Crippen LogP contribution in [0.5, 0.6) is 0 Å². The highest BCUT2D eigenvalue weighted by Crippen LogP contribution is 2.33. The minimum absolute atomic E-state index is 0.638. The number of fused-ring (bicyclic) bond motifs is 2. The maximum Gasteiger partial charge on any atom is 0.213 e. The maximum absolute atomic E-state index is 6.05. The van der Waals surface area contributed by atoms with E-state index in [4.69, 9.17) is 26.7 Å². The molecule has 6 rings (SSSR count). The summed E-state index contributed by atoms with van der Waals surface area (Å²) in [5.74, 6) is 0.638. The quantitative estimate of drug-likeness (QED) is 0.320. The number of nitrogens with zero attached hydrogens (tertiary/aromatic N) is 5. The van der Waals surface area contributed by atoms with Gasteiger partial charge in [0, 0.05) is 38.7 Å². The molecule has 2 aromatic carbocycles. The molecule has 4 heterocycles. The summed E-state index contributed by atoms with van der Waals surface area (Å²) < 4.78 is 1.88. The molecule has 4 aromatic heterocycles. The third kappa shape index (κ3) is 3.17. The molecular formula is C24H14ClN5S. The summed E-state index contributed by atoms with van der Waals surface area (Å²) in [4.78, 5) is 14.9. The third-order valence-corrected chi connectivity index (χ3v) is 6.17. The largest absolute Gasteiger partial charge is 0.237 e. The summed E-state index contributed by atoms with van der Waals surface area (Å²) in [6, 6.07) is 23.8. The predicted molar refractivity (Wildman–Crippen MR) is 125 cm³/mol. The van der Waals surface area contributed by atoms with Crippen molar-refractivity contribution in [3.8, 4) is 33.9 Å². The molecule has 0 bridgehead atoms. The molecule has 0 aliphatic carbocycles. The highest BCUT2D eigenvalue weighted by atomic mass is 35.5. The van der Waals surface area contributed by atoms with Crippen molar-refractivity contribution in [3.05, 3.63) is 89.4 Å². The molecule has 0 radical (unpaired) electrons. The Morgan fingerprint density at radius 2 is 1.68 bits per heavy atom. The molecule has 6 aromatic rings. The average Bonchev–Trinajstić information content (AvgIpc) is 3.40. The van der Waals surface area contributed by atoms with Crippen molar-refractivity contribution < 1.29 is 0 Å². The van der Waals surface area contributed by atoms with Crippen LogP contribution in [0.4, 0.5) is 0 Å². The number of hydrogen-bond acceptors (Lipinski definition) is 5. The average molecular weight is 440 g/mol. The smallest absolute Gasteiger partial charge is 0.213 e. The lowest BCUT2D eigenvalue weighted by Crippen LogP contribution is -1.95. The van der Waals surface area contributed by atoms with Crippen molar-refractivity contribution in [1.29, 1.82) is 0 Å². The van der Waals surface area contributed by atoms with Crippen LogP contribution in [0.25, 0.3) is 49.9 Å². The van der Waals surface area contributed by atoms with Crippen LogP contribution in [0.3, 0.4) is 0 Å². The van der Waals surface area contributed by atoms with Gasteiger partial charge in [0.25, 0.3) is 0 Å². The SMILES string of the molecule is Clc1ccc(-c2csc3nc(-c4cc5cccnc5nc4-c4ccccc4)nn23)cc1. The zero-order valence-corrected chi connectivity index (χ0v) is 17.7. The van der Waals surface area contributed by atoms with Crippen LogP contribution < -0.4 is 0 Å². The highest BCUT2D eigenvalue weighted by Gasteiger charge is 2.18. The molecule has 0 aliphatic heterocycles. The van der Waals surface area contributed by atoms with Gasteiger partial charge in [0.2, 0.25) is 4.96 Å². The second-order valence-electron chi connectivity index (χ2n) is 7.06. The highest BCUT2D eigenvalue weighted by molar-refractivity contribution is 7.15. The van der Waals surface area contributed by atoms with Crippen molar-refractivity contribution in [3.63, 3.8) is 0 Å². The Morgan fingerprint density at radius 3 is 2.52 bits per heavy atom. The van der Waals surface area contributed by atoms with E-state index in [2.05, 4.69) is 16.4 Å². The molecule has 0 fully saturated rings. The second kappa shape index (κ2) is 7.27. The summed E-state index contributed by atoms with van der Waals surface area (Å²) >= 11 is 7.61. The molecule has 0 amide bonds. The van der Waals surface area contributed by atoms with Crippen LogP contribution in [0.1, 0.15) is 0 Å². The Hall–Kier alpha value is -3.61. The van der Waals surface area contributed by atoms with Crippen LogP contribution in [-0.4, -0.2) is 24.6 Å². The molecule has 0 unspecified atom stereocenters. The topological polar surface area (TPSA) is 56.0 Å². The van der Waals surface area contributed by atoms with Gasteiger partial charge in [-0.15, -0.1) is 16.4 Å². The maximum atomic E-state index is 6.05. The van der Waals surface area contributed by atoms with Gasteiger partial charge in [0.15, 0.2) is 11.5 Å². The molecule has 0 aliphatic rings. The first kappa shape index (κ1) is 18.2. The van der Waals surface area contributed by atoms with Gasteiger partial charge >= 0.3 is 0 Å². The third-order valence-electron chi connectivity index (χ3n) is 5.10. The van der Waals surface area contributed by atoms with E-state index < -0.39 is 0 Å². The molecule has 0 saturated heterocycles. The van der Waals surface area contributed by atoms with E-state index in [1.165, 1.54) is 0 Å². The first-order valence-electron chi connectivity index (χ1n) is 9.68. The summed E-state index contributed by atoms with van der Waals surface area (Å²) in [5.41, 5.74) is 5.42. The Labute approximate surface area is 186 Å². The van der Waals surface area contributed by atoms with Crippen molar-refractivity contribution in [2.75, 3.05) is 0 Å². The van der Waals surface area contributed by atoms with Crippen molar-refractivity contribution in [2.24, 2.45) is 0 Å². The Kier molecular flexibility index (Phi) is 4.26. The fraction of sp³-hybridized carbons (Fsp3) is 0. The molecule has 0 saturated carbocycles. The molecular weight excluding hydrogens is 426 g/mol. The van der Waals surface area contributed by atoms with Crippen LogP contribution in [0.2, 0.25) is 5.02 Å². The number of aromatic nitrogens is 5. The summed E-state index contributed by atoms with van der Waals surface area (Å²) in [6.07, 6.45) is 1.76. The lowest BCUT2D eigenvalue weighted by atomic mass is 10.0. The number of halogens is 1. The van der Waals surface area contributed by atoms with E-state index in [9.17, 15) is 0 Å². The standard InChI is InChI=1S/C24H14ClN5S/c25-18-10-8-15(9-11-18)20-14-31-24-28-23(29-30(20)24)19-13-17-7-4-12-26-22(17)27-21(19)16-5-2-1-3-6-16/h1-14H. The molecule has 5 nitrogen and oxygen atoms in total. The van der Waals surface area contributed by atoms with Crippen molar-refractivity contribution in [1.82, 2.24) is 24.6 Å². The minimum Gasteiger partial charge on any atom is -0.237 e. The fourth-order valence-electron chi connectivity index (χ4n) is 3.61. The molecule has 0 N–H and O–H groups in total. The van der Waals surface area contributed by atoms with E-state index >= 15 is 0 Å². The van der Waals surface area contributed by atoms with Crippen LogP contribution in [0, 0.1) is 0 Å². The number of thiazole rings is 1. The van der Waals surface area contributed by atoms with Crippen molar-refractivity contribution in [2.45, 2.75) is 0 Å². The van der Waals surface area contributed by atoms with Gasteiger partial charge in [-0.05, 0) is 30.3 Å². The normalized spacial score (nSPS) is 11.4. The number of pyridine rings is 2. The van der Waals surface area contributed by atoms with Gasteiger partial charge in [0.1, 0.15) is 0 Å². The zero-order chi connectivity index (χ0) is 20.8. The summed E-state index contributed by atoms with van der Waals surface area (Å²) in [7, 11) is 0. The minimum atomic E-state index is 0.638. The van der Waals surface area contributed by atoms with E-state index in [0.29, 0.717) is 16.5 Å². The Morgan fingerprint density at radius 1 is 0.839 bits per heavy atom. The summed E-state index contributed by atoms with van der Waals surface area (Å²) in [5, 5.41) is 8.57. The van der Waals surface area contributed by atoms with Gasteiger partial charge < -0.3 is 0 Å². The van der Waals surface area contributed by atoms with E-state index in [1.807, 2.05) is 71.2 Å². The first-order valence-corrected chi connectivity index (χ1v) is 10.9. The van der Waals surface area contributed by atoms with Crippen LogP contribution in [0.15, 0.2) is 84.4 Å². The van der Waals surface area contributed by atoms with E-state index in [0.717, 1.165) is 38.4 Å². The lowest BCUT2D eigenvalue weighted by molar-refractivity contribution is 0.989. The monoisotopic (exact) mass is 439 g/mol. The first-order chi connectivity index (χ1) is 15.3. The number of rotatable bonds is 3. The second-order valence-corrected chi connectivity index (χ2v) is 8.33. The lowest BCUT2D eigenvalue weighted by Gasteiger charge is -2.08. The Balaban J connectivity index is 1.57. The van der Waals surface area contributed by atoms with Gasteiger partial charge in [-0.2, -0.15) is 4.98 Å². The molecule has 31 heavy (non-hydrogen) atoms. The van der Waals surface area contributed by atoms with Gasteiger partial charge in [-0.1, -0.05) is 54.1 Å². The predicted octanol–water partition coefficient (Wildman–Crippen LogP) is 6.39. The van der Waals surface area contributed by atoms with Crippen molar-refractivity contribution >= 4 is 38.9 Å². The van der Waals surface area contributed by atoms with Crippen LogP contribution >= 0.6 is 22.9 Å². The fourth-order valence-corrected chi connectivity index (χ4v) is 4.56. The molecule has 7 heteroatoms. The van der Waals surface area contributed by atoms with E-state index in [-0.39, 0.29) is 0 Å². The van der Waals surface area contributed by atoms with Gasteiger partial charge in [0.05, 0.1) is 11.4 Å². The van der Waals surface area contributed by atoms with Gasteiger partial charge in [-0.25, -0.2) is 14.5 Å². The molecule has 148 valence electrons. The number of benzene rings is 2. The van der Waals surface area contributed by atoms with E-state index in [1.54, 1.807) is 17.5 Å². The van der Waals surface area contributed by atoms with Gasteiger partial charge in [-0.3, -0.25) is 0 Å². The summed E-state index contributed by atoms with van der Waals surface area (Å²) in [6.45, 7) is 0. The van der Waals surface area contributed by atoms with Crippen LogP contribution in [-0.2, 0) is 0 Å². The number of hydrogen-bond donors (Lipinski definition) is 0. The zero-order valence-electron chi connectivity index (χ0n) is 16.1. The Bertz CT molecular complexity index is 1540.